The Hall–Kier alpha value is -1.19. The van der Waals surface area contributed by atoms with Crippen molar-refractivity contribution in [1.82, 2.24) is 14.8 Å². The van der Waals surface area contributed by atoms with Crippen LogP contribution < -0.4 is 0 Å². The molecule has 1 rings (SSSR count). The Kier molecular flexibility index (Phi) is 4.00. The second kappa shape index (κ2) is 5.05. The minimum Gasteiger partial charge on any atom is -0.303 e. The largest absolute Gasteiger partial charge is 0.303 e. The fourth-order valence-electron chi connectivity index (χ4n) is 1.50. The molecule has 0 aliphatic heterocycles. The van der Waals surface area contributed by atoms with Crippen LogP contribution in [0, 0.1) is 0 Å². The summed E-state index contributed by atoms with van der Waals surface area (Å²) in [6, 6.07) is 0. The molecule has 0 aromatic carbocycles. The average Bonchev–Trinajstić information content (AvgIpc) is 2.59. The lowest BCUT2D eigenvalue weighted by Crippen LogP contribution is -2.20. The summed E-state index contributed by atoms with van der Waals surface area (Å²) in [5, 5.41) is 4.20. The molecule has 0 spiro atoms. The van der Waals surface area contributed by atoms with Crippen molar-refractivity contribution >= 4 is 6.29 Å². The van der Waals surface area contributed by atoms with Gasteiger partial charge in [-0.2, -0.15) is 5.10 Å². The lowest BCUT2D eigenvalue weighted by Gasteiger charge is -2.18. The summed E-state index contributed by atoms with van der Waals surface area (Å²) in [5.74, 6) is 1.01. The van der Waals surface area contributed by atoms with Gasteiger partial charge in [0, 0.05) is 18.4 Å². The Morgan fingerprint density at radius 1 is 1.40 bits per heavy atom. The molecule has 0 bridgehead atoms. The van der Waals surface area contributed by atoms with E-state index in [0.29, 0.717) is 6.42 Å². The Labute approximate surface area is 90.7 Å². The van der Waals surface area contributed by atoms with Gasteiger partial charge in [0.1, 0.15) is 18.4 Å². The van der Waals surface area contributed by atoms with E-state index in [4.69, 9.17) is 0 Å². The smallest absolute Gasteiger partial charge is 0.138 e. The van der Waals surface area contributed by atoms with Crippen molar-refractivity contribution in [2.45, 2.75) is 52.0 Å². The number of rotatable bonds is 5. The van der Waals surface area contributed by atoms with Crippen LogP contribution in [0.3, 0.4) is 0 Å². The molecular formula is C11H19N3O. The van der Waals surface area contributed by atoms with E-state index < -0.39 is 0 Å². The van der Waals surface area contributed by atoms with E-state index in [1.807, 2.05) is 4.68 Å². The number of hydrogen-bond acceptors (Lipinski definition) is 3. The van der Waals surface area contributed by atoms with Gasteiger partial charge >= 0.3 is 0 Å². The summed E-state index contributed by atoms with van der Waals surface area (Å²) in [4.78, 5) is 14.4. The van der Waals surface area contributed by atoms with Crippen LogP contribution in [0.25, 0.3) is 0 Å². The summed E-state index contributed by atoms with van der Waals surface area (Å²) in [5.41, 5.74) is 0.0289. The highest BCUT2D eigenvalue weighted by Gasteiger charge is 2.20. The fourth-order valence-corrected chi connectivity index (χ4v) is 1.50. The molecule has 1 aromatic heterocycles. The van der Waals surface area contributed by atoms with Crippen molar-refractivity contribution in [2.75, 3.05) is 0 Å². The maximum absolute atomic E-state index is 10.2. The fraction of sp³-hybridized carbons (Fsp3) is 0.727. The van der Waals surface area contributed by atoms with E-state index in [-0.39, 0.29) is 5.41 Å². The minimum atomic E-state index is 0.0289. The summed E-state index contributed by atoms with van der Waals surface area (Å²) in [7, 11) is 0. The maximum atomic E-state index is 10.2. The highest BCUT2D eigenvalue weighted by molar-refractivity contribution is 5.48. The second-order valence-electron chi connectivity index (χ2n) is 4.72. The van der Waals surface area contributed by atoms with E-state index in [2.05, 4.69) is 30.9 Å². The number of nitrogens with zero attached hydrogens (tertiary/aromatic N) is 3. The predicted molar refractivity (Wildman–Crippen MR) is 58.6 cm³/mol. The highest BCUT2D eigenvalue weighted by atomic mass is 16.1. The molecule has 0 aliphatic rings. The Morgan fingerprint density at radius 2 is 2.13 bits per heavy atom. The molecule has 4 heteroatoms. The predicted octanol–water partition coefficient (Wildman–Crippen LogP) is 1.94. The number of aromatic nitrogens is 3. The number of carbonyl (C=O) groups excluding carboxylic acids is 1. The molecule has 0 atom stereocenters. The molecule has 0 saturated heterocycles. The normalized spacial score (nSPS) is 11.7. The summed E-state index contributed by atoms with van der Waals surface area (Å²) in [6.07, 6.45) is 5.10. The summed E-state index contributed by atoms with van der Waals surface area (Å²) >= 11 is 0. The third-order valence-electron chi connectivity index (χ3n) is 2.23. The van der Waals surface area contributed by atoms with Gasteiger partial charge < -0.3 is 4.79 Å². The Morgan fingerprint density at radius 3 is 2.73 bits per heavy atom. The van der Waals surface area contributed by atoms with Gasteiger partial charge in [-0.1, -0.05) is 20.8 Å². The Balaban J connectivity index is 2.54. The van der Waals surface area contributed by atoms with Crippen LogP contribution in [0.1, 0.15) is 45.9 Å². The van der Waals surface area contributed by atoms with Crippen molar-refractivity contribution < 1.29 is 4.79 Å². The van der Waals surface area contributed by atoms with Crippen LogP contribution in [0.5, 0.6) is 0 Å². The maximum Gasteiger partial charge on any atom is 0.138 e. The van der Waals surface area contributed by atoms with Gasteiger partial charge in [-0.3, -0.25) is 0 Å². The SMILES string of the molecule is CC(C)(C)c1ncnn1CCCCC=O. The van der Waals surface area contributed by atoms with Gasteiger partial charge in [-0.15, -0.1) is 0 Å². The lowest BCUT2D eigenvalue weighted by atomic mass is 9.96. The van der Waals surface area contributed by atoms with E-state index in [1.54, 1.807) is 6.33 Å². The zero-order valence-electron chi connectivity index (χ0n) is 9.73. The van der Waals surface area contributed by atoms with Crippen LogP contribution in [0.15, 0.2) is 6.33 Å². The molecule has 0 unspecified atom stereocenters. The van der Waals surface area contributed by atoms with Crippen LogP contribution >= 0.6 is 0 Å². The first-order valence-corrected chi connectivity index (χ1v) is 5.37. The topological polar surface area (TPSA) is 47.8 Å². The van der Waals surface area contributed by atoms with Gasteiger partial charge in [0.2, 0.25) is 0 Å². The van der Waals surface area contributed by atoms with E-state index in [1.165, 1.54) is 0 Å². The van der Waals surface area contributed by atoms with Crippen molar-refractivity contribution in [3.05, 3.63) is 12.2 Å². The molecule has 1 heterocycles. The number of unbranched alkanes of at least 4 members (excludes halogenated alkanes) is 2. The first-order valence-electron chi connectivity index (χ1n) is 5.37. The third kappa shape index (κ3) is 3.46. The lowest BCUT2D eigenvalue weighted by molar-refractivity contribution is -0.107. The number of aryl methyl sites for hydroxylation is 1. The van der Waals surface area contributed by atoms with Gasteiger partial charge in [-0.05, 0) is 12.8 Å². The van der Waals surface area contributed by atoms with Gasteiger partial charge in [-0.25, -0.2) is 9.67 Å². The summed E-state index contributed by atoms with van der Waals surface area (Å²) < 4.78 is 1.94. The molecule has 0 N–H and O–H groups in total. The average molecular weight is 209 g/mol. The molecule has 84 valence electrons. The first-order chi connectivity index (χ1) is 7.05. The van der Waals surface area contributed by atoms with Gasteiger partial charge in [0.15, 0.2) is 0 Å². The van der Waals surface area contributed by atoms with Crippen molar-refractivity contribution in [3.8, 4) is 0 Å². The van der Waals surface area contributed by atoms with Crippen molar-refractivity contribution in [3.63, 3.8) is 0 Å². The molecule has 15 heavy (non-hydrogen) atoms. The second-order valence-corrected chi connectivity index (χ2v) is 4.72. The van der Waals surface area contributed by atoms with Gasteiger partial charge in [0.25, 0.3) is 0 Å². The quantitative estimate of drug-likeness (QED) is 0.550. The molecular weight excluding hydrogens is 190 g/mol. The van der Waals surface area contributed by atoms with Crippen LogP contribution in [-0.4, -0.2) is 21.1 Å². The van der Waals surface area contributed by atoms with Crippen LogP contribution in [0.2, 0.25) is 0 Å². The van der Waals surface area contributed by atoms with E-state index >= 15 is 0 Å². The molecule has 0 amide bonds. The molecule has 0 fully saturated rings. The van der Waals surface area contributed by atoms with Crippen molar-refractivity contribution in [2.24, 2.45) is 0 Å². The molecule has 4 nitrogen and oxygen atoms in total. The van der Waals surface area contributed by atoms with E-state index in [0.717, 1.165) is 31.5 Å². The Bertz CT molecular complexity index is 312. The number of aldehydes is 1. The standard InChI is InChI=1S/C11H19N3O/c1-11(2,3)10-12-9-13-14(10)7-5-4-6-8-15/h8-9H,4-7H2,1-3H3. The van der Waals surface area contributed by atoms with Crippen LogP contribution in [-0.2, 0) is 16.8 Å². The molecule has 0 saturated carbocycles. The molecule has 0 radical (unpaired) electrons. The zero-order chi connectivity index (χ0) is 11.3. The van der Waals surface area contributed by atoms with Crippen LogP contribution in [0.4, 0.5) is 0 Å². The number of hydrogen-bond donors (Lipinski definition) is 0. The van der Waals surface area contributed by atoms with E-state index in [9.17, 15) is 4.79 Å². The monoisotopic (exact) mass is 209 g/mol. The molecule has 0 aliphatic carbocycles. The van der Waals surface area contributed by atoms with Gasteiger partial charge in [0.05, 0.1) is 0 Å². The third-order valence-corrected chi connectivity index (χ3v) is 2.23. The highest BCUT2D eigenvalue weighted by Crippen LogP contribution is 2.19. The number of carbonyl (C=O) groups is 1. The van der Waals surface area contributed by atoms with Crippen molar-refractivity contribution in [1.29, 1.82) is 0 Å². The molecule has 1 aromatic rings. The zero-order valence-corrected chi connectivity index (χ0v) is 9.73. The first kappa shape index (κ1) is 11.9. The summed E-state index contributed by atoms with van der Waals surface area (Å²) in [6.45, 7) is 7.22. The minimum absolute atomic E-state index is 0.0289.